The molecule has 0 spiro atoms. The van der Waals surface area contributed by atoms with E-state index >= 15 is 0 Å². The van der Waals surface area contributed by atoms with Crippen molar-refractivity contribution in [2.24, 2.45) is 23.2 Å². The Kier molecular flexibility index (Phi) is 4.82. The van der Waals surface area contributed by atoms with Crippen LogP contribution < -0.4 is 15.5 Å². The van der Waals surface area contributed by atoms with Crippen LogP contribution in [0.4, 0.5) is 11.5 Å². The third-order valence-electron chi connectivity index (χ3n) is 6.68. The van der Waals surface area contributed by atoms with E-state index in [9.17, 15) is 9.59 Å². The minimum atomic E-state index is -0.237. The Morgan fingerprint density at radius 1 is 1.07 bits per heavy atom. The van der Waals surface area contributed by atoms with E-state index in [4.69, 9.17) is 0 Å². The molecule has 4 aliphatic rings. The molecule has 0 unspecified atom stereocenters. The van der Waals surface area contributed by atoms with E-state index in [1.807, 2.05) is 25.1 Å². The Morgan fingerprint density at radius 3 is 2.22 bits per heavy atom. The summed E-state index contributed by atoms with van der Waals surface area (Å²) in [5.74, 6) is 2.79. The van der Waals surface area contributed by atoms with Crippen molar-refractivity contribution in [3.05, 3.63) is 18.3 Å². The van der Waals surface area contributed by atoms with Gasteiger partial charge in [0.15, 0.2) is 0 Å². The van der Waals surface area contributed by atoms with Crippen LogP contribution in [0.5, 0.6) is 0 Å². The smallest absolute Gasteiger partial charge is 0.244 e. The monoisotopic (exact) mass is 370 g/mol. The van der Waals surface area contributed by atoms with Gasteiger partial charge in [0, 0.05) is 20.5 Å². The summed E-state index contributed by atoms with van der Waals surface area (Å²) >= 11 is 0. The number of rotatable bonds is 6. The molecule has 0 atom stereocenters. The van der Waals surface area contributed by atoms with Crippen LogP contribution in [0, 0.1) is 23.2 Å². The molecule has 5 rings (SSSR count). The highest BCUT2D eigenvalue weighted by Gasteiger charge is 2.51. The quantitative estimate of drug-likeness (QED) is 0.807. The summed E-state index contributed by atoms with van der Waals surface area (Å²) in [6.07, 6.45) is 10.1. The van der Waals surface area contributed by atoms with Crippen LogP contribution in [0.2, 0.25) is 0 Å². The molecule has 0 saturated heterocycles. The number of anilines is 2. The zero-order valence-corrected chi connectivity index (χ0v) is 16.3. The SMILES string of the molecule is CN(C)c1ccc(NC(=O)CNC(=O)CC23CC4CC(CC(C4)C2)C3)nc1. The normalized spacial score (nSPS) is 30.8. The molecule has 0 aromatic carbocycles. The Bertz CT molecular complexity index is 678. The maximum atomic E-state index is 12.5. The van der Waals surface area contributed by atoms with Crippen molar-refractivity contribution in [3.63, 3.8) is 0 Å². The van der Waals surface area contributed by atoms with Gasteiger partial charge < -0.3 is 15.5 Å². The topological polar surface area (TPSA) is 74.3 Å². The van der Waals surface area contributed by atoms with E-state index in [2.05, 4.69) is 15.6 Å². The maximum Gasteiger partial charge on any atom is 0.244 e. The Balaban J connectivity index is 1.25. The molecule has 0 radical (unpaired) electrons. The van der Waals surface area contributed by atoms with Gasteiger partial charge in [-0.2, -0.15) is 0 Å². The van der Waals surface area contributed by atoms with Crippen molar-refractivity contribution in [1.82, 2.24) is 10.3 Å². The lowest BCUT2D eigenvalue weighted by atomic mass is 9.49. The predicted molar refractivity (Wildman–Crippen MR) is 105 cm³/mol. The first-order valence-corrected chi connectivity index (χ1v) is 10.1. The van der Waals surface area contributed by atoms with E-state index in [-0.39, 0.29) is 23.8 Å². The largest absolute Gasteiger partial charge is 0.376 e. The molecule has 146 valence electrons. The van der Waals surface area contributed by atoms with Crippen molar-refractivity contribution in [3.8, 4) is 0 Å². The third kappa shape index (κ3) is 4.09. The molecule has 4 bridgehead atoms. The molecular weight excluding hydrogens is 340 g/mol. The fourth-order valence-electron chi connectivity index (χ4n) is 6.00. The third-order valence-corrected chi connectivity index (χ3v) is 6.68. The zero-order chi connectivity index (χ0) is 19.0. The van der Waals surface area contributed by atoms with Gasteiger partial charge in [-0.05, 0) is 73.8 Å². The first-order valence-electron chi connectivity index (χ1n) is 10.1. The average molecular weight is 370 g/mol. The van der Waals surface area contributed by atoms with E-state index in [1.165, 1.54) is 38.5 Å². The number of nitrogens with zero attached hydrogens (tertiary/aromatic N) is 2. The maximum absolute atomic E-state index is 12.5. The molecule has 1 aromatic rings. The van der Waals surface area contributed by atoms with Gasteiger partial charge in [0.25, 0.3) is 0 Å². The zero-order valence-electron chi connectivity index (χ0n) is 16.3. The highest BCUT2D eigenvalue weighted by Crippen LogP contribution is 2.61. The molecule has 4 aliphatic carbocycles. The predicted octanol–water partition coefficient (Wildman–Crippen LogP) is 2.81. The van der Waals surface area contributed by atoms with Crippen LogP contribution in [-0.4, -0.2) is 37.4 Å². The lowest BCUT2D eigenvalue weighted by Crippen LogP contribution is -2.48. The summed E-state index contributed by atoms with van der Waals surface area (Å²) in [5.41, 5.74) is 1.18. The van der Waals surface area contributed by atoms with Crippen molar-refractivity contribution >= 4 is 23.3 Å². The summed E-state index contributed by atoms with van der Waals surface area (Å²) in [5, 5.41) is 5.56. The Hall–Kier alpha value is -2.11. The highest BCUT2D eigenvalue weighted by molar-refractivity contribution is 5.93. The molecule has 4 saturated carbocycles. The Morgan fingerprint density at radius 2 is 1.70 bits per heavy atom. The van der Waals surface area contributed by atoms with Gasteiger partial charge in [0.2, 0.25) is 11.8 Å². The van der Waals surface area contributed by atoms with E-state index < -0.39 is 0 Å². The molecule has 6 nitrogen and oxygen atoms in total. The van der Waals surface area contributed by atoms with E-state index in [1.54, 1.807) is 12.3 Å². The van der Waals surface area contributed by atoms with Gasteiger partial charge in [0.1, 0.15) is 5.82 Å². The Labute approximate surface area is 161 Å². The fourth-order valence-corrected chi connectivity index (χ4v) is 6.00. The second-order valence-corrected chi connectivity index (χ2v) is 9.22. The molecule has 2 N–H and O–H groups in total. The summed E-state index contributed by atoms with van der Waals surface area (Å²) in [6, 6.07) is 3.67. The minimum absolute atomic E-state index is 0.00229. The summed E-state index contributed by atoms with van der Waals surface area (Å²) in [4.78, 5) is 30.8. The van der Waals surface area contributed by atoms with Crippen LogP contribution in [0.15, 0.2) is 18.3 Å². The standard InChI is InChI=1S/C21H30N4O2/c1-25(2)17-3-4-18(22-12-17)24-20(27)13-23-19(26)11-21-8-14-5-15(9-21)7-16(6-14)10-21/h3-4,12,14-16H,5-11,13H2,1-2H3,(H,23,26)(H,22,24,27). The van der Waals surface area contributed by atoms with Crippen LogP contribution in [-0.2, 0) is 9.59 Å². The van der Waals surface area contributed by atoms with Gasteiger partial charge in [0.05, 0.1) is 18.4 Å². The van der Waals surface area contributed by atoms with Crippen molar-refractivity contribution in [2.45, 2.75) is 44.9 Å². The molecular formula is C21H30N4O2. The molecule has 0 aliphatic heterocycles. The summed E-state index contributed by atoms with van der Waals surface area (Å²) in [7, 11) is 3.88. The molecule has 6 heteroatoms. The molecule has 1 aromatic heterocycles. The summed E-state index contributed by atoms with van der Waals surface area (Å²) in [6.45, 7) is 0.00229. The van der Waals surface area contributed by atoms with Gasteiger partial charge in [-0.25, -0.2) is 4.98 Å². The molecule has 27 heavy (non-hydrogen) atoms. The average Bonchev–Trinajstić information content (AvgIpc) is 2.59. The van der Waals surface area contributed by atoms with Crippen molar-refractivity contribution in [1.29, 1.82) is 0 Å². The number of hydrogen-bond acceptors (Lipinski definition) is 4. The fraction of sp³-hybridized carbons (Fsp3) is 0.667. The summed E-state index contributed by atoms with van der Waals surface area (Å²) < 4.78 is 0. The lowest BCUT2D eigenvalue weighted by Gasteiger charge is -2.56. The van der Waals surface area contributed by atoms with Gasteiger partial charge in [-0.1, -0.05) is 0 Å². The molecule has 1 heterocycles. The molecule has 4 fully saturated rings. The number of hydrogen-bond donors (Lipinski definition) is 2. The lowest BCUT2D eigenvalue weighted by molar-refractivity contribution is -0.131. The van der Waals surface area contributed by atoms with Crippen molar-refractivity contribution < 1.29 is 9.59 Å². The number of carbonyl (C=O) groups is 2. The van der Waals surface area contributed by atoms with Gasteiger partial charge in [-0.3, -0.25) is 9.59 Å². The van der Waals surface area contributed by atoms with E-state index in [0.29, 0.717) is 12.2 Å². The molecule has 2 amide bonds. The number of nitrogens with one attached hydrogen (secondary N) is 2. The number of amides is 2. The second-order valence-electron chi connectivity index (χ2n) is 9.22. The number of aromatic nitrogens is 1. The van der Waals surface area contributed by atoms with Crippen molar-refractivity contribution in [2.75, 3.05) is 30.9 Å². The minimum Gasteiger partial charge on any atom is -0.376 e. The van der Waals surface area contributed by atoms with Crippen LogP contribution >= 0.6 is 0 Å². The van der Waals surface area contributed by atoms with Crippen LogP contribution in [0.25, 0.3) is 0 Å². The van der Waals surface area contributed by atoms with Crippen LogP contribution in [0.1, 0.15) is 44.9 Å². The van der Waals surface area contributed by atoms with Gasteiger partial charge >= 0.3 is 0 Å². The second kappa shape index (κ2) is 7.13. The first-order chi connectivity index (χ1) is 12.9. The highest BCUT2D eigenvalue weighted by atomic mass is 16.2. The number of carbonyl (C=O) groups excluding carboxylic acids is 2. The number of pyridine rings is 1. The van der Waals surface area contributed by atoms with Gasteiger partial charge in [-0.15, -0.1) is 0 Å². The van der Waals surface area contributed by atoms with Crippen LogP contribution in [0.3, 0.4) is 0 Å². The first kappa shape index (κ1) is 18.3. The van der Waals surface area contributed by atoms with E-state index in [0.717, 1.165) is 23.4 Å².